The highest BCUT2D eigenvalue weighted by atomic mass is 14.9. The lowest BCUT2D eigenvalue weighted by Crippen LogP contribution is -2.23. The molecule has 3 rings (SSSR count). The third-order valence-corrected chi connectivity index (χ3v) is 3.30. The van der Waals surface area contributed by atoms with E-state index in [0.717, 1.165) is 13.1 Å². The van der Waals surface area contributed by atoms with Crippen molar-refractivity contribution in [1.82, 2.24) is 5.32 Å². The van der Waals surface area contributed by atoms with E-state index in [4.69, 9.17) is 0 Å². The zero-order valence-corrected chi connectivity index (χ0v) is 7.90. The van der Waals surface area contributed by atoms with E-state index in [9.17, 15) is 0 Å². The van der Waals surface area contributed by atoms with Crippen LogP contribution in [0, 0.1) is 0 Å². The second kappa shape index (κ2) is 2.85. The molecule has 0 amide bonds. The normalized spacial score (nSPS) is 19.7. The summed E-state index contributed by atoms with van der Waals surface area (Å²) in [5, 5.41) is 3.43. The van der Waals surface area contributed by atoms with E-state index < -0.39 is 0 Å². The number of rotatable bonds is 0. The van der Waals surface area contributed by atoms with Gasteiger partial charge in [0, 0.05) is 6.54 Å². The van der Waals surface area contributed by atoms with Gasteiger partial charge in [0.05, 0.1) is 0 Å². The Morgan fingerprint density at radius 1 is 0.846 bits per heavy atom. The van der Waals surface area contributed by atoms with Crippen LogP contribution in [-0.2, 0) is 25.8 Å². The Labute approximate surface area is 79.2 Å². The lowest BCUT2D eigenvalue weighted by molar-refractivity contribution is 0.642. The van der Waals surface area contributed by atoms with Gasteiger partial charge in [-0.1, -0.05) is 12.1 Å². The van der Waals surface area contributed by atoms with Crippen LogP contribution in [0.4, 0.5) is 0 Å². The van der Waals surface area contributed by atoms with Gasteiger partial charge < -0.3 is 5.32 Å². The van der Waals surface area contributed by atoms with Crippen LogP contribution in [0.5, 0.6) is 0 Å². The Hall–Kier alpha value is -0.820. The van der Waals surface area contributed by atoms with Gasteiger partial charge in [-0.05, 0) is 54.5 Å². The second-order valence-electron chi connectivity index (χ2n) is 4.17. The van der Waals surface area contributed by atoms with Crippen LogP contribution in [0.25, 0.3) is 0 Å². The average Bonchev–Trinajstić information content (AvgIpc) is 2.61. The van der Waals surface area contributed by atoms with Crippen LogP contribution >= 0.6 is 0 Å². The first-order valence-corrected chi connectivity index (χ1v) is 5.28. The van der Waals surface area contributed by atoms with Crippen LogP contribution in [0.3, 0.4) is 0 Å². The smallest absolute Gasteiger partial charge is 0.0208 e. The lowest BCUT2D eigenvalue weighted by atomic mass is 9.96. The Morgan fingerprint density at radius 2 is 1.54 bits per heavy atom. The molecule has 0 aromatic heterocycles. The molecule has 0 spiro atoms. The Kier molecular flexibility index (Phi) is 1.66. The average molecular weight is 173 g/mol. The summed E-state index contributed by atoms with van der Waals surface area (Å²) < 4.78 is 0. The van der Waals surface area contributed by atoms with E-state index in [-0.39, 0.29) is 0 Å². The topological polar surface area (TPSA) is 12.0 Å². The summed E-state index contributed by atoms with van der Waals surface area (Å²) >= 11 is 0. The molecule has 1 nitrogen and oxygen atoms in total. The molecule has 1 heterocycles. The molecule has 2 aliphatic rings. The molecule has 1 aromatic rings. The van der Waals surface area contributed by atoms with Crippen LogP contribution in [0.1, 0.15) is 28.7 Å². The zero-order chi connectivity index (χ0) is 8.67. The van der Waals surface area contributed by atoms with Gasteiger partial charge >= 0.3 is 0 Å². The second-order valence-corrected chi connectivity index (χ2v) is 4.17. The molecule has 0 fully saturated rings. The van der Waals surface area contributed by atoms with Gasteiger partial charge in [-0.15, -0.1) is 0 Å². The van der Waals surface area contributed by atoms with Crippen molar-refractivity contribution in [3.63, 3.8) is 0 Å². The van der Waals surface area contributed by atoms with Crippen molar-refractivity contribution in [3.05, 3.63) is 34.4 Å². The molecule has 0 unspecified atom stereocenters. The van der Waals surface area contributed by atoms with E-state index in [0.29, 0.717) is 0 Å². The SMILES string of the molecule is c1c2c(cc3c1CCNC3)CCC2. The molecule has 1 aliphatic carbocycles. The summed E-state index contributed by atoms with van der Waals surface area (Å²) in [6, 6.07) is 4.89. The molecule has 13 heavy (non-hydrogen) atoms. The number of hydrogen-bond acceptors (Lipinski definition) is 1. The molecule has 1 aromatic carbocycles. The Morgan fingerprint density at radius 3 is 2.38 bits per heavy atom. The summed E-state index contributed by atoms with van der Waals surface area (Å²) in [5.74, 6) is 0. The van der Waals surface area contributed by atoms with Crippen molar-refractivity contribution in [2.24, 2.45) is 0 Å². The molecule has 0 bridgehead atoms. The van der Waals surface area contributed by atoms with Crippen LogP contribution in [-0.4, -0.2) is 6.54 Å². The summed E-state index contributed by atoms with van der Waals surface area (Å²) in [4.78, 5) is 0. The number of fused-ring (bicyclic) bond motifs is 2. The van der Waals surface area contributed by atoms with Crippen molar-refractivity contribution in [2.75, 3.05) is 6.54 Å². The minimum Gasteiger partial charge on any atom is -0.312 e. The third kappa shape index (κ3) is 1.19. The van der Waals surface area contributed by atoms with Gasteiger partial charge in [-0.3, -0.25) is 0 Å². The van der Waals surface area contributed by atoms with E-state index in [1.807, 2.05) is 0 Å². The highest BCUT2D eigenvalue weighted by Crippen LogP contribution is 2.26. The first-order chi connectivity index (χ1) is 6.43. The fourth-order valence-electron chi connectivity index (χ4n) is 2.57. The maximum atomic E-state index is 3.43. The Bertz CT molecular complexity index is 308. The number of benzene rings is 1. The summed E-state index contributed by atoms with van der Waals surface area (Å²) in [6.07, 6.45) is 5.22. The van der Waals surface area contributed by atoms with Gasteiger partial charge in [0.15, 0.2) is 0 Å². The Balaban J connectivity index is 2.11. The number of hydrogen-bond donors (Lipinski definition) is 1. The minimum absolute atomic E-state index is 1.09. The number of nitrogens with one attached hydrogen (secondary N) is 1. The highest BCUT2D eigenvalue weighted by molar-refractivity contribution is 5.41. The minimum atomic E-state index is 1.09. The van der Waals surface area contributed by atoms with E-state index in [1.165, 1.54) is 25.7 Å². The van der Waals surface area contributed by atoms with Crippen molar-refractivity contribution in [3.8, 4) is 0 Å². The van der Waals surface area contributed by atoms with Crippen LogP contribution in [0.15, 0.2) is 12.1 Å². The standard InChI is InChI=1S/C12H15N/c1-2-9-6-11-4-5-13-8-12(11)7-10(9)3-1/h6-7,13H,1-5,8H2. The van der Waals surface area contributed by atoms with Crippen molar-refractivity contribution < 1.29 is 0 Å². The van der Waals surface area contributed by atoms with Gasteiger partial charge in [0.2, 0.25) is 0 Å². The van der Waals surface area contributed by atoms with Gasteiger partial charge in [0.25, 0.3) is 0 Å². The van der Waals surface area contributed by atoms with E-state index in [2.05, 4.69) is 17.4 Å². The summed E-state index contributed by atoms with van der Waals surface area (Å²) in [7, 11) is 0. The molecule has 0 saturated heterocycles. The van der Waals surface area contributed by atoms with E-state index >= 15 is 0 Å². The molecular weight excluding hydrogens is 158 g/mol. The molecule has 1 N–H and O–H groups in total. The summed E-state index contributed by atoms with van der Waals surface area (Å²) in [5.41, 5.74) is 6.38. The molecule has 0 radical (unpaired) electrons. The van der Waals surface area contributed by atoms with Crippen molar-refractivity contribution in [2.45, 2.75) is 32.2 Å². The zero-order valence-electron chi connectivity index (χ0n) is 7.90. The largest absolute Gasteiger partial charge is 0.312 e. The molecule has 1 aliphatic heterocycles. The fraction of sp³-hybridized carbons (Fsp3) is 0.500. The predicted octanol–water partition coefficient (Wildman–Crippen LogP) is 1.82. The predicted molar refractivity (Wildman–Crippen MR) is 53.9 cm³/mol. The van der Waals surface area contributed by atoms with Crippen molar-refractivity contribution >= 4 is 0 Å². The first-order valence-electron chi connectivity index (χ1n) is 5.28. The van der Waals surface area contributed by atoms with Gasteiger partial charge in [0.1, 0.15) is 0 Å². The molecule has 0 saturated carbocycles. The van der Waals surface area contributed by atoms with Crippen molar-refractivity contribution in [1.29, 1.82) is 0 Å². The monoisotopic (exact) mass is 173 g/mol. The van der Waals surface area contributed by atoms with E-state index in [1.54, 1.807) is 22.3 Å². The summed E-state index contributed by atoms with van der Waals surface area (Å²) in [6.45, 7) is 2.24. The molecule has 1 heteroatoms. The third-order valence-electron chi connectivity index (χ3n) is 3.30. The van der Waals surface area contributed by atoms with Gasteiger partial charge in [-0.25, -0.2) is 0 Å². The van der Waals surface area contributed by atoms with Crippen LogP contribution < -0.4 is 5.32 Å². The highest BCUT2D eigenvalue weighted by Gasteiger charge is 2.15. The van der Waals surface area contributed by atoms with Crippen LogP contribution in [0.2, 0.25) is 0 Å². The maximum Gasteiger partial charge on any atom is 0.0208 e. The number of aryl methyl sites for hydroxylation is 2. The quantitative estimate of drug-likeness (QED) is 0.631. The molecule has 0 atom stereocenters. The maximum absolute atomic E-state index is 3.43. The first kappa shape index (κ1) is 7.57. The fourth-order valence-corrected chi connectivity index (χ4v) is 2.57. The van der Waals surface area contributed by atoms with Gasteiger partial charge in [-0.2, -0.15) is 0 Å². The lowest BCUT2D eigenvalue weighted by Gasteiger charge is -2.18. The molecular formula is C12H15N. The molecule has 68 valence electrons.